The van der Waals surface area contributed by atoms with Crippen molar-refractivity contribution in [1.82, 2.24) is 0 Å². The number of unbranched alkanes of at least 4 members (excludes halogenated alkanes) is 2. The Labute approximate surface area is 169 Å². The van der Waals surface area contributed by atoms with Gasteiger partial charge >= 0.3 is 0 Å². The topological polar surface area (TPSA) is 23.8 Å². The summed E-state index contributed by atoms with van der Waals surface area (Å²) in [6, 6.07) is 2.76. The lowest BCUT2D eigenvalue weighted by atomic mass is 9.62. The molecular formula is C26H45N. The maximum absolute atomic E-state index is 9.80. The minimum absolute atomic E-state index is 0.0424. The number of hydrogen-bond acceptors (Lipinski definition) is 1. The van der Waals surface area contributed by atoms with Crippen LogP contribution < -0.4 is 0 Å². The van der Waals surface area contributed by atoms with Gasteiger partial charge in [-0.15, -0.1) is 0 Å². The van der Waals surface area contributed by atoms with E-state index in [0.717, 1.165) is 36.0 Å². The summed E-state index contributed by atoms with van der Waals surface area (Å²) >= 11 is 0. The molecule has 3 aliphatic rings. The summed E-state index contributed by atoms with van der Waals surface area (Å²) in [6.07, 6.45) is 23.6. The van der Waals surface area contributed by atoms with Crippen LogP contribution in [0.4, 0.5) is 0 Å². The van der Waals surface area contributed by atoms with Crippen LogP contribution in [0.15, 0.2) is 0 Å². The van der Waals surface area contributed by atoms with Gasteiger partial charge in [-0.1, -0.05) is 52.4 Å². The maximum Gasteiger partial charge on any atom is 0.0689 e. The monoisotopic (exact) mass is 371 g/mol. The van der Waals surface area contributed by atoms with Crippen molar-refractivity contribution < 1.29 is 0 Å². The zero-order chi connectivity index (χ0) is 19.1. The molecule has 3 saturated carbocycles. The van der Waals surface area contributed by atoms with Crippen LogP contribution in [0.3, 0.4) is 0 Å². The molecule has 0 aromatic carbocycles. The first-order chi connectivity index (χ1) is 13.2. The van der Waals surface area contributed by atoms with Gasteiger partial charge in [0, 0.05) is 0 Å². The van der Waals surface area contributed by atoms with Crippen molar-refractivity contribution in [1.29, 1.82) is 5.26 Å². The Morgan fingerprint density at radius 2 is 1.19 bits per heavy atom. The summed E-state index contributed by atoms with van der Waals surface area (Å²) in [4.78, 5) is 0. The predicted molar refractivity (Wildman–Crippen MR) is 115 cm³/mol. The Hall–Kier alpha value is -0.510. The van der Waals surface area contributed by atoms with Gasteiger partial charge in [-0.2, -0.15) is 5.26 Å². The number of rotatable bonds is 7. The fourth-order valence-electron chi connectivity index (χ4n) is 6.95. The predicted octanol–water partition coefficient (Wildman–Crippen LogP) is 8.29. The lowest BCUT2D eigenvalue weighted by Crippen LogP contribution is -2.32. The third-order valence-corrected chi connectivity index (χ3v) is 9.10. The fourth-order valence-corrected chi connectivity index (χ4v) is 6.95. The van der Waals surface area contributed by atoms with Gasteiger partial charge in [0.1, 0.15) is 0 Å². The molecule has 3 aliphatic carbocycles. The summed E-state index contributed by atoms with van der Waals surface area (Å²) in [5, 5.41) is 9.80. The molecule has 0 spiro atoms. The van der Waals surface area contributed by atoms with Gasteiger partial charge in [-0.3, -0.25) is 0 Å². The Morgan fingerprint density at radius 3 is 1.63 bits per heavy atom. The van der Waals surface area contributed by atoms with Crippen molar-refractivity contribution in [2.75, 3.05) is 0 Å². The summed E-state index contributed by atoms with van der Waals surface area (Å²) in [5.74, 6) is 5.08. The average Bonchev–Trinajstić information content (AvgIpc) is 2.75. The normalized spacial score (nSPS) is 40.4. The van der Waals surface area contributed by atoms with Crippen LogP contribution in [0.25, 0.3) is 0 Å². The molecule has 0 amide bonds. The van der Waals surface area contributed by atoms with Crippen molar-refractivity contribution in [2.45, 2.75) is 123 Å². The van der Waals surface area contributed by atoms with Gasteiger partial charge < -0.3 is 0 Å². The molecule has 27 heavy (non-hydrogen) atoms. The van der Waals surface area contributed by atoms with Crippen LogP contribution in [-0.2, 0) is 0 Å². The van der Waals surface area contributed by atoms with Crippen LogP contribution in [0.5, 0.6) is 0 Å². The fraction of sp³-hybridized carbons (Fsp3) is 0.962. The lowest BCUT2D eigenvalue weighted by molar-refractivity contribution is 0.0903. The number of nitrogens with zero attached hydrogens (tertiary/aromatic N) is 1. The second-order valence-corrected chi connectivity index (χ2v) is 10.6. The van der Waals surface area contributed by atoms with E-state index in [4.69, 9.17) is 0 Å². The maximum atomic E-state index is 9.80. The van der Waals surface area contributed by atoms with E-state index >= 15 is 0 Å². The third-order valence-electron chi connectivity index (χ3n) is 9.10. The number of nitriles is 1. The second kappa shape index (κ2) is 10.3. The third kappa shape index (κ3) is 5.52. The van der Waals surface area contributed by atoms with E-state index in [0.29, 0.717) is 0 Å². The molecule has 0 atom stereocenters. The summed E-state index contributed by atoms with van der Waals surface area (Å²) in [5.41, 5.74) is 0.0424. The smallest absolute Gasteiger partial charge is 0.0689 e. The highest BCUT2D eigenvalue weighted by Gasteiger charge is 2.39. The molecule has 0 heterocycles. The van der Waals surface area contributed by atoms with E-state index in [9.17, 15) is 5.26 Å². The molecule has 0 bridgehead atoms. The van der Waals surface area contributed by atoms with Crippen LogP contribution in [-0.4, -0.2) is 0 Å². The summed E-state index contributed by atoms with van der Waals surface area (Å²) in [7, 11) is 0. The molecule has 0 N–H and O–H groups in total. The molecule has 0 saturated heterocycles. The quantitative estimate of drug-likeness (QED) is 0.413. The minimum Gasteiger partial charge on any atom is -0.198 e. The molecule has 0 aromatic rings. The molecular weight excluding hydrogens is 326 g/mol. The van der Waals surface area contributed by atoms with Crippen molar-refractivity contribution in [3.63, 3.8) is 0 Å². The summed E-state index contributed by atoms with van der Waals surface area (Å²) in [6.45, 7) is 4.65. The first kappa shape index (κ1) is 21.2. The molecule has 0 aliphatic heterocycles. The molecule has 154 valence electrons. The van der Waals surface area contributed by atoms with Gasteiger partial charge in [0.05, 0.1) is 11.5 Å². The average molecular weight is 372 g/mol. The minimum atomic E-state index is 0.0424. The SMILES string of the molecule is CCCCC[C@]1(C#N)CC[C@H](C2CCC([C@H]3CC[C@H](CC)CC3)CC2)CC1. The Kier molecular flexibility index (Phi) is 8.10. The molecule has 0 radical (unpaired) electrons. The summed E-state index contributed by atoms with van der Waals surface area (Å²) < 4.78 is 0. The first-order valence-electron chi connectivity index (χ1n) is 12.6. The highest BCUT2D eigenvalue weighted by atomic mass is 14.5. The molecule has 0 aromatic heterocycles. The lowest BCUT2D eigenvalue weighted by Gasteiger charge is -2.43. The van der Waals surface area contributed by atoms with E-state index < -0.39 is 0 Å². The van der Waals surface area contributed by atoms with Crippen molar-refractivity contribution in [3.05, 3.63) is 0 Å². The number of hydrogen-bond donors (Lipinski definition) is 0. The van der Waals surface area contributed by atoms with Gasteiger partial charge in [0.25, 0.3) is 0 Å². The molecule has 1 heteroatoms. The van der Waals surface area contributed by atoms with Crippen molar-refractivity contribution in [3.8, 4) is 6.07 Å². The second-order valence-electron chi connectivity index (χ2n) is 10.6. The Balaban J connectivity index is 1.40. The Bertz CT molecular complexity index is 451. The van der Waals surface area contributed by atoms with E-state index in [1.807, 2.05) is 0 Å². The van der Waals surface area contributed by atoms with Gasteiger partial charge in [0.15, 0.2) is 0 Å². The first-order valence-corrected chi connectivity index (χ1v) is 12.6. The largest absolute Gasteiger partial charge is 0.198 e. The van der Waals surface area contributed by atoms with Crippen LogP contribution in [0.1, 0.15) is 123 Å². The van der Waals surface area contributed by atoms with Crippen LogP contribution in [0.2, 0.25) is 0 Å². The Morgan fingerprint density at radius 1 is 0.704 bits per heavy atom. The molecule has 1 nitrogen and oxygen atoms in total. The highest BCUT2D eigenvalue weighted by Crippen LogP contribution is 2.49. The van der Waals surface area contributed by atoms with Gasteiger partial charge in [0.2, 0.25) is 0 Å². The zero-order valence-electron chi connectivity index (χ0n) is 18.4. The van der Waals surface area contributed by atoms with E-state index in [1.165, 1.54) is 103 Å². The standard InChI is InChI=1S/C26H45N/c1-3-5-6-17-26(20-27)18-15-25(16-19-26)24-13-11-23(12-14-24)22-9-7-21(4-2)8-10-22/h21-25H,3-19H2,1-2H3/t21-,22-,23?,24?,25-,26-. The van der Waals surface area contributed by atoms with Crippen LogP contribution in [0, 0.1) is 46.3 Å². The van der Waals surface area contributed by atoms with Gasteiger partial charge in [-0.25, -0.2) is 0 Å². The van der Waals surface area contributed by atoms with E-state index in [2.05, 4.69) is 19.9 Å². The van der Waals surface area contributed by atoms with Crippen molar-refractivity contribution >= 4 is 0 Å². The van der Waals surface area contributed by atoms with Crippen LogP contribution >= 0.6 is 0 Å². The van der Waals surface area contributed by atoms with Crippen molar-refractivity contribution in [2.24, 2.45) is 35.0 Å². The molecule has 3 fully saturated rings. The zero-order valence-corrected chi connectivity index (χ0v) is 18.4. The molecule has 3 rings (SSSR count). The van der Waals surface area contributed by atoms with E-state index in [-0.39, 0.29) is 5.41 Å². The highest BCUT2D eigenvalue weighted by molar-refractivity contribution is 5.02. The van der Waals surface area contributed by atoms with E-state index in [1.54, 1.807) is 0 Å². The molecule has 0 unspecified atom stereocenters. The van der Waals surface area contributed by atoms with Gasteiger partial charge in [-0.05, 0) is 100 Å².